The van der Waals surface area contributed by atoms with E-state index in [1.54, 1.807) is 23.3 Å². The van der Waals surface area contributed by atoms with Gasteiger partial charge in [-0.25, -0.2) is 9.96 Å². The lowest BCUT2D eigenvalue weighted by molar-refractivity contribution is -0.126. The van der Waals surface area contributed by atoms with E-state index in [0.29, 0.717) is 10.7 Å². The Bertz CT molecular complexity index is 1120. The van der Waals surface area contributed by atoms with E-state index in [0.717, 1.165) is 16.8 Å². The fourth-order valence-electron chi connectivity index (χ4n) is 4.19. The van der Waals surface area contributed by atoms with Gasteiger partial charge in [0.15, 0.2) is 6.10 Å². The number of amides is 2. The number of hydroxylamine groups is 1. The maximum atomic E-state index is 13.5. The highest BCUT2D eigenvalue weighted by Crippen LogP contribution is 2.47. The molecule has 2 amide bonds. The highest BCUT2D eigenvalue weighted by molar-refractivity contribution is 6.30. The molecule has 0 bridgehead atoms. The molecule has 0 N–H and O–H groups in total. The Morgan fingerprint density at radius 3 is 2.27 bits per heavy atom. The predicted molar refractivity (Wildman–Crippen MR) is 115 cm³/mol. The molecule has 0 aromatic heterocycles. The van der Waals surface area contributed by atoms with Crippen LogP contribution in [0.4, 0.5) is 11.4 Å². The number of hydrogen-bond acceptors (Lipinski definition) is 4. The number of anilines is 2. The molecule has 2 aliphatic rings. The van der Waals surface area contributed by atoms with Crippen LogP contribution in [0.5, 0.6) is 0 Å². The van der Waals surface area contributed by atoms with Crippen LogP contribution in [0.25, 0.3) is 0 Å². The minimum Gasteiger partial charge on any atom is -0.273 e. The van der Waals surface area contributed by atoms with Crippen molar-refractivity contribution in [1.82, 2.24) is 0 Å². The Labute approximate surface area is 179 Å². The van der Waals surface area contributed by atoms with Crippen LogP contribution >= 0.6 is 11.6 Å². The molecule has 0 aliphatic carbocycles. The van der Waals surface area contributed by atoms with E-state index in [9.17, 15) is 9.59 Å². The van der Waals surface area contributed by atoms with Gasteiger partial charge in [-0.05, 0) is 48.9 Å². The zero-order valence-corrected chi connectivity index (χ0v) is 17.0. The van der Waals surface area contributed by atoms with Crippen LogP contribution in [0.3, 0.4) is 0 Å². The highest BCUT2D eigenvalue weighted by Gasteiger charge is 2.60. The summed E-state index contributed by atoms with van der Waals surface area (Å²) in [7, 11) is 0. The summed E-state index contributed by atoms with van der Waals surface area (Å²) in [6.45, 7) is 1.96. The molecule has 2 saturated heterocycles. The molecule has 0 spiro atoms. The summed E-state index contributed by atoms with van der Waals surface area (Å²) in [5, 5.41) is 2.24. The van der Waals surface area contributed by atoms with Crippen molar-refractivity contribution in [3.63, 3.8) is 0 Å². The minimum atomic E-state index is -0.886. The average Bonchev–Trinajstić information content (AvgIpc) is 3.26. The lowest BCUT2D eigenvalue weighted by Gasteiger charge is -2.28. The van der Waals surface area contributed by atoms with Crippen molar-refractivity contribution in [3.8, 4) is 0 Å². The van der Waals surface area contributed by atoms with Gasteiger partial charge >= 0.3 is 0 Å². The van der Waals surface area contributed by atoms with Crippen molar-refractivity contribution in [1.29, 1.82) is 0 Å². The van der Waals surface area contributed by atoms with Crippen molar-refractivity contribution in [3.05, 3.63) is 95.0 Å². The van der Waals surface area contributed by atoms with Crippen molar-refractivity contribution < 1.29 is 14.4 Å². The molecule has 3 aromatic rings. The van der Waals surface area contributed by atoms with E-state index < -0.39 is 18.1 Å². The smallest absolute Gasteiger partial charge is 0.266 e. The zero-order chi connectivity index (χ0) is 20.8. The van der Waals surface area contributed by atoms with Gasteiger partial charge < -0.3 is 0 Å². The third kappa shape index (κ3) is 2.98. The summed E-state index contributed by atoms with van der Waals surface area (Å²) in [6, 6.07) is 23.7. The molecule has 5 rings (SSSR count). The molecule has 6 heteroatoms. The van der Waals surface area contributed by atoms with Crippen LogP contribution in [0.15, 0.2) is 78.9 Å². The number of carbonyl (C=O) groups excluding carboxylic acids is 2. The Balaban J connectivity index is 1.59. The third-order valence-electron chi connectivity index (χ3n) is 5.61. The number of benzene rings is 3. The lowest BCUT2D eigenvalue weighted by Crippen LogP contribution is -2.37. The van der Waals surface area contributed by atoms with Gasteiger partial charge in [0.1, 0.15) is 5.92 Å². The molecular weight excluding hydrogens is 400 g/mol. The number of rotatable bonds is 3. The number of halogens is 1. The molecule has 3 atom stereocenters. The second-order valence-electron chi connectivity index (χ2n) is 7.56. The molecule has 5 nitrogen and oxygen atoms in total. The fraction of sp³-hybridized carbons (Fsp3) is 0.167. The van der Waals surface area contributed by atoms with Crippen molar-refractivity contribution in [2.24, 2.45) is 5.92 Å². The van der Waals surface area contributed by atoms with Crippen LogP contribution in [0.1, 0.15) is 17.2 Å². The molecule has 30 heavy (non-hydrogen) atoms. The van der Waals surface area contributed by atoms with E-state index in [1.165, 1.54) is 4.90 Å². The first kappa shape index (κ1) is 18.9. The summed E-state index contributed by atoms with van der Waals surface area (Å²) in [5.41, 5.74) is 3.22. The monoisotopic (exact) mass is 418 g/mol. The summed E-state index contributed by atoms with van der Waals surface area (Å²) >= 11 is 6.24. The van der Waals surface area contributed by atoms with Crippen molar-refractivity contribution >= 4 is 34.8 Å². The van der Waals surface area contributed by atoms with Crippen LogP contribution < -0.4 is 9.96 Å². The van der Waals surface area contributed by atoms with Crippen LogP contribution in [-0.4, -0.2) is 17.9 Å². The van der Waals surface area contributed by atoms with Crippen molar-refractivity contribution in [2.75, 3.05) is 9.96 Å². The number of imide groups is 1. The average molecular weight is 419 g/mol. The second-order valence-corrected chi connectivity index (χ2v) is 8.00. The van der Waals surface area contributed by atoms with E-state index in [4.69, 9.17) is 16.4 Å². The molecule has 3 aromatic carbocycles. The van der Waals surface area contributed by atoms with Crippen LogP contribution in [-0.2, 0) is 14.4 Å². The Kier molecular flexibility index (Phi) is 4.57. The Morgan fingerprint density at radius 1 is 0.833 bits per heavy atom. The summed E-state index contributed by atoms with van der Waals surface area (Å²) < 4.78 is 0. The molecule has 2 fully saturated rings. The van der Waals surface area contributed by atoms with E-state index in [-0.39, 0.29) is 11.8 Å². The van der Waals surface area contributed by atoms with Gasteiger partial charge in [-0.3, -0.25) is 14.4 Å². The van der Waals surface area contributed by atoms with E-state index in [2.05, 4.69) is 0 Å². The quantitative estimate of drug-likeness (QED) is 0.578. The maximum Gasteiger partial charge on any atom is 0.266 e. The molecule has 2 aliphatic heterocycles. The van der Waals surface area contributed by atoms with Crippen LogP contribution in [0.2, 0.25) is 5.02 Å². The zero-order valence-electron chi connectivity index (χ0n) is 16.2. The van der Waals surface area contributed by atoms with Gasteiger partial charge in [-0.15, -0.1) is 0 Å². The van der Waals surface area contributed by atoms with Gasteiger partial charge in [0, 0.05) is 5.02 Å². The summed E-state index contributed by atoms with van der Waals surface area (Å²) in [5.74, 6) is -1.28. The highest BCUT2D eigenvalue weighted by atomic mass is 35.5. The standard InChI is InChI=1S/C24H19ClN2O3/c1-15-10-12-18(13-11-15)26-23(28)20-21(16-6-5-7-17(25)14-16)27(30-22(20)24(26)29)19-8-3-2-4-9-19/h2-14,20-22H,1H3/t20-,21-,22-/m0/s1. The number of nitrogens with zero attached hydrogens (tertiary/aromatic N) is 2. The minimum absolute atomic E-state index is 0.266. The second kappa shape index (κ2) is 7.27. The third-order valence-corrected chi connectivity index (χ3v) is 5.84. The molecule has 0 unspecified atom stereocenters. The van der Waals surface area contributed by atoms with E-state index >= 15 is 0 Å². The Hall–Kier alpha value is -3.15. The molecule has 0 saturated carbocycles. The number of hydrogen-bond donors (Lipinski definition) is 0. The largest absolute Gasteiger partial charge is 0.273 e. The fourth-order valence-corrected chi connectivity index (χ4v) is 4.39. The first-order valence-electron chi connectivity index (χ1n) is 9.75. The Morgan fingerprint density at radius 2 is 1.57 bits per heavy atom. The number of fused-ring (bicyclic) bond motifs is 1. The topological polar surface area (TPSA) is 49.9 Å². The number of aryl methyl sites for hydroxylation is 1. The predicted octanol–water partition coefficient (Wildman–Crippen LogP) is 4.70. The molecule has 150 valence electrons. The van der Waals surface area contributed by atoms with Gasteiger partial charge in [-0.1, -0.05) is 59.6 Å². The first-order chi connectivity index (χ1) is 14.5. The van der Waals surface area contributed by atoms with Gasteiger partial charge in [0.05, 0.1) is 17.4 Å². The number of para-hydroxylation sites is 1. The van der Waals surface area contributed by atoms with Crippen molar-refractivity contribution in [2.45, 2.75) is 19.1 Å². The van der Waals surface area contributed by atoms with E-state index in [1.807, 2.05) is 67.6 Å². The summed E-state index contributed by atoms with van der Waals surface area (Å²) in [6.07, 6.45) is -0.886. The lowest BCUT2D eigenvalue weighted by atomic mass is 9.90. The number of carbonyl (C=O) groups is 2. The first-order valence-corrected chi connectivity index (χ1v) is 10.1. The molecular formula is C24H19ClN2O3. The molecule has 0 radical (unpaired) electrons. The SMILES string of the molecule is Cc1ccc(N2C(=O)[C@@H]3[C@H](ON(c4ccccc4)[C@H]3c3cccc(Cl)c3)C2=O)cc1. The summed E-state index contributed by atoms with van der Waals surface area (Å²) in [4.78, 5) is 34.1. The normalized spacial score (nSPS) is 23.2. The van der Waals surface area contributed by atoms with Gasteiger partial charge in [0.25, 0.3) is 5.91 Å². The maximum absolute atomic E-state index is 13.5. The van der Waals surface area contributed by atoms with Gasteiger partial charge in [-0.2, -0.15) is 0 Å². The molecule has 2 heterocycles. The van der Waals surface area contributed by atoms with Crippen LogP contribution in [0, 0.1) is 12.8 Å². The van der Waals surface area contributed by atoms with Gasteiger partial charge in [0.2, 0.25) is 5.91 Å².